The van der Waals surface area contributed by atoms with Gasteiger partial charge in [0, 0.05) is 48.8 Å². The molecule has 252 valence electrons. The van der Waals surface area contributed by atoms with Crippen LogP contribution < -0.4 is 31.2 Å². The Morgan fingerprint density at radius 2 is 1.71 bits per heavy atom. The Labute approximate surface area is 280 Å². The second-order valence-corrected chi connectivity index (χ2v) is 12.0. The van der Waals surface area contributed by atoms with Crippen molar-refractivity contribution < 1.29 is 27.4 Å². The molecule has 0 spiro atoms. The zero-order chi connectivity index (χ0) is 34.0. The minimum Gasteiger partial charge on any atom is -0.481 e. The number of benzene rings is 2. The van der Waals surface area contributed by atoms with Crippen LogP contribution in [0.1, 0.15) is 53.4 Å². The number of pyridine rings is 1. The Morgan fingerprint density at radius 1 is 0.958 bits per heavy atom. The van der Waals surface area contributed by atoms with E-state index in [9.17, 15) is 18.0 Å². The van der Waals surface area contributed by atoms with Gasteiger partial charge in [-0.3, -0.25) is 4.79 Å². The number of methoxy groups -OCH3 is 2. The smallest absolute Gasteiger partial charge is 0.437 e. The number of halogens is 4. The first kappa shape index (κ1) is 33.4. The molecule has 4 aromatic rings. The number of fused-ring (bicyclic) bond motifs is 1. The van der Waals surface area contributed by atoms with Crippen LogP contribution in [0.25, 0.3) is 22.4 Å². The number of hydrogen-bond donors (Lipinski definition) is 4. The molecule has 2 aromatic heterocycles. The highest BCUT2D eigenvalue weighted by Crippen LogP contribution is 2.44. The SMILES string of the molecule is COc1nc(-c2cccc(-c3cccc4c3CC[C@@H]4Nc3nc(OC)c(CN)nc3C(F)(F)F)c2Cl)ccc1CNC[C@@H]1CCC(=O)N1. The second kappa shape index (κ2) is 14.0. The molecule has 5 N–H and O–H groups in total. The lowest BCUT2D eigenvalue weighted by molar-refractivity contribution is -0.140. The van der Waals surface area contributed by atoms with Gasteiger partial charge in [-0.1, -0.05) is 54.1 Å². The van der Waals surface area contributed by atoms with Crippen LogP contribution >= 0.6 is 11.6 Å². The maximum absolute atomic E-state index is 14.0. The minimum atomic E-state index is -4.75. The highest BCUT2D eigenvalue weighted by atomic mass is 35.5. The number of nitrogens with zero attached hydrogens (tertiary/aromatic N) is 3. The standard InChI is InChI=1S/C34H35ClF3N7O3/c1-47-32-18(16-40-17-19-10-14-28(46)41-19)9-12-26(44-32)24-8-4-7-23(29(24)35)20-5-3-6-22-21(20)11-13-25(22)43-31-30(34(36,37)38)42-27(15-39)33(45-31)48-2/h3-9,12,19,25,40H,10-11,13-17,39H2,1-2H3,(H,41,46)(H,43,45)/t19-,25-/m0/s1. The highest BCUT2D eigenvalue weighted by Gasteiger charge is 2.39. The molecule has 10 nitrogen and oxygen atoms in total. The first-order valence-electron chi connectivity index (χ1n) is 15.5. The quantitative estimate of drug-likeness (QED) is 0.154. The number of ether oxygens (including phenoxy) is 2. The van der Waals surface area contributed by atoms with Gasteiger partial charge in [0.05, 0.1) is 31.0 Å². The summed E-state index contributed by atoms with van der Waals surface area (Å²) in [6.07, 6.45) is -2.25. The molecule has 48 heavy (non-hydrogen) atoms. The van der Waals surface area contributed by atoms with Crippen molar-refractivity contribution in [1.29, 1.82) is 0 Å². The first-order chi connectivity index (χ1) is 23.1. The predicted molar refractivity (Wildman–Crippen MR) is 176 cm³/mol. The molecule has 1 saturated heterocycles. The van der Waals surface area contributed by atoms with Crippen molar-refractivity contribution in [2.75, 3.05) is 26.1 Å². The summed E-state index contributed by atoms with van der Waals surface area (Å²) in [5.74, 6) is 0.0654. The predicted octanol–water partition coefficient (Wildman–Crippen LogP) is 5.82. The third-order valence-corrected chi connectivity index (χ3v) is 9.06. The molecule has 6 rings (SSSR count). The molecule has 2 atom stereocenters. The van der Waals surface area contributed by atoms with Crippen molar-refractivity contribution in [2.45, 2.75) is 57.0 Å². The number of rotatable bonds is 11. The van der Waals surface area contributed by atoms with Crippen molar-refractivity contribution in [1.82, 2.24) is 25.6 Å². The van der Waals surface area contributed by atoms with Gasteiger partial charge in [0.1, 0.15) is 5.69 Å². The van der Waals surface area contributed by atoms with E-state index in [1.807, 2.05) is 48.5 Å². The van der Waals surface area contributed by atoms with Crippen LogP contribution in [-0.2, 0) is 30.5 Å². The number of nitrogens with one attached hydrogen (secondary N) is 3. The normalized spacial score (nSPS) is 17.3. The Morgan fingerprint density at radius 3 is 2.42 bits per heavy atom. The van der Waals surface area contributed by atoms with E-state index < -0.39 is 23.7 Å². The van der Waals surface area contributed by atoms with E-state index in [0.29, 0.717) is 54.5 Å². The largest absolute Gasteiger partial charge is 0.481 e. The summed E-state index contributed by atoms with van der Waals surface area (Å²) >= 11 is 7.07. The summed E-state index contributed by atoms with van der Waals surface area (Å²) in [6, 6.07) is 14.9. The Kier molecular flexibility index (Phi) is 9.72. The van der Waals surface area contributed by atoms with E-state index in [4.69, 9.17) is 31.8 Å². The van der Waals surface area contributed by atoms with E-state index in [-0.39, 0.29) is 30.1 Å². The van der Waals surface area contributed by atoms with Crippen LogP contribution in [0.15, 0.2) is 48.5 Å². The van der Waals surface area contributed by atoms with Crippen LogP contribution in [0.2, 0.25) is 5.02 Å². The number of anilines is 1. The maximum Gasteiger partial charge on any atom is 0.437 e. The number of carbonyl (C=O) groups excluding carboxylic acids is 1. The van der Waals surface area contributed by atoms with E-state index in [2.05, 4.69) is 25.9 Å². The van der Waals surface area contributed by atoms with Crippen LogP contribution in [0, 0.1) is 0 Å². The van der Waals surface area contributed by atoms with Crippen molar-refractivity contribution >= 4 is 23.3 Å². The molecule has 2 aliphatic rings. The van der Waals surface area contributed by atoms with Gasteiger partial charge < -0.3 is 31.2 Å². The van der Waals surface area contributed by atoms with Crippen LogP contribution in [-0.4, -0.2) is 47.7 Å². The van der Waals surface area contributed by atoms with Crippen molar-refractivity contribution in [3.63, 3.8) is 0 Å². The summed E-state index contributed by atoms with van der Waals surface area (Å²) < 4.78 is 52.8. The Bertz CT molecular complexity index is 1840. The molecule has 0 unspecified atom stereocenters. The fourth-order valence-corrected chi connectivity index (χ4v) is 6.68. The fraction of sp³-hybridized carbons (Fsp3) is 0.353. The van der Waals surface area contributed by atoms with Gasteiger partial charge in [0.15, 0.2) is 11.5 Å². The van der Waals surface area contributed by atoms with Crippen molar-refractivity contribution in [3.8, 4) is 34.1 Å². The number of hydrogen-bond acceptors (Lipinski definition) is 9. The third-order valence-electron chi connectivity index (χ3n) is 8.66. The molecule has 0 radical (unpaired) electrons. The second-order valence-electron chi connectivity index (χ2n) is 11.7. The van der Waals surface area contributed by atoms with Crippen molar-refractivity contribution in [3.05, 3.63) is 81.6 Å². The molecular weight excluding hydrogens is 647 g/mol. The first-order valence-corrected chi connectivity index (χ1v) is 15.9. The summed E-state index contributed by atoms with van der Waals surface area (Å²) in [7, 11) is 2.88. The summed E-state index contributed by atoms with van der Waals surface area (Å²) in [5.41, 5.74) is 10.1. The monoisotopic (exact) mass is 681 g/mol. The van der Waals surface area contributed by atoms with E-state index >= 15 is 0 Å². The molecular formula is C34H35ClF3N7O3. The molecule has 0 bridgehead atoms. The lowest BCUT2D eigenvalue weighted by Gasteiger charge is -2.20. The van der Waals surface area contributed by atoms with E-state index in [1.54, 1.807) is 7.11 Å². The zero-order valence-electron chi connectivity index (χ0n) is 26.4. The molecule has 1 amide bonds. The van der Waals surface area contributed by atoms with Gasteiger partial charge in [0.25, 0.3) is 0 Å². The molecule has 1 aliphatic carbocycles. The number of aromatic nitrogens is 3. The summed E-state index contributed by atoms with van der Waals surface area (Å²) in [6.45, 7) is 0.914. The van der Waals surface area contributed by atoms with Crippen LogP contribution in [0.3, 0.4) is 0 Å². The van der Waals surface area contributed by atoms with Crippen LogP contribution in [0.5, 0.6) is 11.8 Å². The molecule has 3 heterocycles. The topological polar surface area (TPSA) is 136 Å². The summed E-state index contributed by atoms with van der Waals surface area (Å²) in [4.78, 5) is 24.1. The highest BCUT2D eigenvalue weighted by molar-refractivity contribution is 6.36. The van der Waals surface area contributed by atoms with Gasteiger partial charge in [-0.2, -0.15) is 18.2 Å². The average molecular weight is 682 g/mol. The summed E-state index contributed by atoms with van der Waals surface area (Å²) in [5, 5.41) is 9.79. The Balaban J connectivity index is 1.26. The zero-order valence-corrected chi connectivity index (χ0v) is 27.1. The van der Waals surface area contributed by atoms with Gasteiger partial charge >= 0.3 is 6.18 Å². The Hall–Kier alpha value is -4.46. The molecule has 14 heteroatoms. The molecule has 2 aromatic carbocycles. The molecule has 1 aliphatic heterocycles. The molecule has 1 fully saturated rings. The minimum absolute atomic E-state index is 0.0582. The molecule has 0 saturated carbocycles. The number of carbonyl (C=O) groups is 1. The van der Waals surface area contributed by atoms with Gasteiger partial charge in [0.2, 0.25) is 17.7 Å². The lowest BCUT2D eigenvalue weighted by Crippen LogP contribution is -2.35. The van der Waals surface area contributed by atoms with Gasteiger partial charge in [-0.25, -0.2) is 9.97 Å². The number of amides is 1. The maximum atomic E-state index is 14.0. The average Bonchev–Trinajstić information content (AvgIpc) is 3.69. The third kappa shape index (κ3) is 6.75. The van der Waals surface area contributed by atoms with E-state index in [1.165, 1.54) is 7.11 Å². The van der Waals surface area contributed by atoms with E-state index in [0.717, 1.165) is 34.2 Å². The van der Waals surface area contributed by atoms with Crippen LogP contribution in [0.4, 0.5) is 19.0 Å². The number of alkyl halides is 3. The van der Waals surface area contributed by atoms with Gasteiger partial charge in [-0.15, -0.1) is 0 Å². The van der Waals surface area contributed by atoms with Gasteiger partial charge in [-0.05, 0) is 42.0 Å². The lowest BCUT2D eigenvalue weighted by atomic mass is 9.94. The number of nitrogens with two attached hydrogens (primary N) is 1. The van der Waals surface area contributed by atoms with Crippen molar-refractivity contribution in [2.24, 2.45) is 5.73 Å². The fourth-order valence-electron chi connectivity index (χ4n) is 6.35.